The molecule has 4 heteroatoms. The average molecular weight is 169 g/mol. The van der Waals surface area contributed by atoms with Crippen molar-refractivity contribution in [3.05, 3.63) is 5.21 Å². The van der Waals surface area contributed by atoms with E-state index in [1.54, 1.807) is 6.34 Å². The van der Waals surface area contributed by atoms with E-state index in [0.717, 1.165) is 17.7 Å². The van der Waals surface area contributed by atoms with Gasteiger partial charge in [-0.25, -0.2) is 0 Å². The molecule has 0 aliphatic carbocycles. The van der Waals surface area contributed by atoms with E-state index in [1.165, 1.54) is 19.2 Å². The van der Waals surface area contributed by atoms with E-state index in [1.807, 2.05) is 4.90 Å². The van der Waals surface area contributed by atoms with E-state index in [9.17, 15) is 5.21 Å². The van der Waals surface area contributed by atoms with Crippen molar-refractivity contribution in [1.82, 2.24) is 4.90 Å². The third-order valence-electron chi connectivity index (χ3n) is 1.78. The number of hydrogen-bond acceptors (Lipinski definition) is 3. The molecule has 0 saturated heterocycles. The molecule has 1 heterocycles. The molecule has 4 nitrogen and oxygen atoms in total. The maximum Gasteiger partial charge on any atom is 0.223 e. The number of hydrogen-bond donors (Lipinski definition) is 0. The van der Waals surface area contributed by atoms with Crippen LogP contribution in [-0.2, 0) is 0 Å². The Balaban J connectivity index is 2.21. The molecule has 0 amide bonds. The Morgan fingerprint density at radius 3 is 3.08 bits per heavy atom. The maximum absolute atomic E-state index is 10.8. The molecule has 0 N–H and O–H groups in total. The van der Waals surface area contributed by atoms with E-state index < -0.39 is 0 Å². The molecule has 0 radical (unpaired) electrons. The highest BCUT2D eigenvalue weighted by molar-refractivity contribution is 5.60. The van der Waals surface area contributed by atoms with Gasteiger partial charge in [0.25, 0.3) is 0 Å². The summed E-state index contributed by atoms with van der Waals surface area (Å²) in [6, 6.07) is 0. The minimum absolute atomic E-state index is 0.627. The Morgan fingerprint density at radius 1 is 1.58 bits per heavy atom. The van der Waals surface area contributed by atoms with Crippen LogP contribution in [0.2, 0.25) is 0 Å². The quantitative estimate of drug-likeness (QED) is 0.358. The zero-order chi connectivity index (χ0) is 8.81. The molecular formula is C8H15N3O. The van der Waals surface area contributed by atoms with Gasteiger partial charge in [-0.15, -0.1) is 4.99 Å². The number of rotatable bonds is 4. The van der Waals surface area contributed by atoms with Crippen molar-refractivity contribution in [2.75, 3.05) is 13.2 Å². The monoisotopic (exact) mass is 169 g/mol. The predicted octanol–water partition coefficient (Wildman–Crippen LogP) is 1.02. The molecule has 0 aromatic rings. The molecule has 0 bridgehead atoms. The van der Waals surface area contributed by atoms with E-state index in [2.05, 4.69) is 11.9 Å². The normalized spacial score (nSPS) is 16.4. The van der Waals surface area contributed by atoms with Crippen LogP contribution >= 0.6 is 0 Å². The second-order valence-corrected chi connectivity index (χ2v) is 2.93. The summed E-state index contributed by atoms with van der Waals surface area (Å²) in [5.41, 5.74) is 0. The van der Waals surface area contributed by atoms with Crippen LogP contribution < -0.4 is 0 Å². The third kappa shape index (κ3) is 2.90. The summed E-state index contributed by atoms with van der Waals surface area (Å²) in [7, 11) is 0. The fourth-order valence-corrected chi connectivity index (χ4v) is 1.14. The molecule has 0 fully saturated rings. The second-order valence-electron chi connectivity index (χ2n) is 2.93. The molecule has 1 rings (SSSR count). The van der Waals surface area contributed by atoms with Crippen molar-refractivity contribution in [3.63, 3.8) is 0 Å². The summed E-state index contributed by atoms with van der Waals surface area (Å²) in [6.07, 6.45) is 6.42. The first-order chi connectivity index (χ1) is 5.83. The van der Waals surface area contributed by atoms with Crippen LogP contribution in [0.5, 0.6) is 0 Å². The summed E-state index contributed by atoms with van der Waals surface area (Å²) >= 11 is 0. The smallest absolute Gasteiger partial charge is 0.223 e. The number of aliphatic imine (C=N–C) groups is 1. The van der Waals surface area contributed by atoms with Gasteiger partial charge in [-0.2, -0.15) is 0 Å². The molecule has 1 aliphatic heterocycles. The first-order valence-electron chi connectivity index (χ1n) is 4.37. The van der Waals surface area contributed by atoms with Gasteiger partial charge in [0.2, 0.25) is 13.0 Å². The van der Waals surface area contributed by atoms with E-state index in [0.29, 0.717) is 6.67 Å². The van der Waals surface area contributed by atoms with Crippen molar-refractivity contribution < 1.29 is 4.74 Å². The Bertz CT molecular complexity index is 189. The lowest BCUT2D eigenvalue weighted by Crippen LogP contribution is -2.31. The summed E-state index contributed by atoms with van der Waals surface area (Å²) in [6.45, 7) is 3.73. The molecule has 0 atom stereocenters. The summed E-state index contributed by atoms with van der Waals surface area (Å²) in [4.78, 5) is 5.83. The predicted molar refractivity (Wildman–Crippen MR) is 49.3 cm³/mol. The highest BCUT2D eigenvalue weighted by Crippen LogP contribution is 1.97. The van der Waals surface area contributed by atoms with Crippen LogP contribution in [0.4, 0.5) is 0 Å². The Kier molecular flexibility index (Phi) is 3.57. The molecule has 0 saturated carbocycles. The van der Waals surface area contributed by atoms with Crippen molar-refractivity contribution in [3.8, 4) is 0 Å². The molecule has 12 heavy (non-hydrogen) atoms. The van der Waals surface area contributed by atoms with Gasteiger partial charge >= 0.3 is 0 Å². The fraction of sp³-hybridized carbons (Fsp3) is 0.750. The number of hydroxylamine groups is 1. The molecule has 0 aromatic carbocycles. The molecular weight excluding hydrogens is 154 g/mol. The average Bonchev–Trinajstić information content (AvgIpc) is 2.05. The van der Waals surface area contributed by atoms with Crippen molar-refractivity contribution in [1.29, 1.82) is 0 Å². The Labute approximate surface area is 72.8 Å². The minimum atomic E-state index is 0.627. The van der Waals surface area contributed by atoms with Gasteiger partial charge in [0.15, 0.2) is 6.34 Å². The lowest BCUT2D eigenvalue weighted by Gasteiger charge is -2.17. The maximum atomic E-state index is 10.8. The van der Waals surface area contributed by atoms with Crippen LogP contribution in [0.25, 0.3) is 0 Å². The summed E-state index contributed by atoms with van der Waals surface area (Å²) < 4.78 is 0.745. The van der Waals surface area contributed by atoms with Gasteiger partial charge in [-0.05, 0) is 6.42 Å². The van der Waals surface area contributed by atoms with Crippen LogP contribution in [0, 0.1) is 5.21 Å². The molecule has 0 unspecified atom stereocenters. The highest BCUT2D eigenvalue weighted by Gasteiger charge is 2.07. The van der Waals surface area contributed by atoms with Gasteiger partial charge in [-0.3, -0.25) is 9.64 Å². The highest BCUT2D eigenvalue weighted by atomic mass is 16.5. The zero-order valence-corrected chi connectivity index (χ0v) is 7.44. The number of unbranched alkanes of at least 4 members (excludes halogenated alkanes) is 2. The standard InChI is InChI=1S/C8H15N3O/c1-2-3-4-5-10-6-9-7-11(12)8-10/h7-8H,2-6H2,1H3. The van der Waals surface area contributed by atoms with Crippen molar-refractivity contribution in [2.24, 2.45) is 4.99 Å². The largest absolute Gasteiger partial charge is 0.741 e. The van der Waals surface area contributed by atoms with Crippen molar-refractivity contribution in [2.45, 2.75) is 26.2 Å². The molecule has 1 aliphatic rings. The van der Waals surface area contributed by atoms with Crippen LogP contribution in [0.3, 0.4) is 0 Å². The van der Waals surface area contributed by atoms with Gasteiger partial charge < -0.3 is 5.21 Å². The van der Waals surface area contributed by atoms with Crippen LogP contribution in [-0.4, -0.2) is 35.5 Å². The summed E-state index contributed by atoms with van der Waals surface area (Å²) in [5.74, 6) is 0. The lowest BCUT2D eigenvalue weighted by molar-refractivity contribution is -0.319. The number of nitrogens with zero attached hydrogens (tertiary/aromatic N) is 3. The van der Waals surface area contributed by atoms with E-state index in [4.69, 9.17) is 0 Å². The third-order valence-corrected chi connectivity index (χ3v) is 1.78. The second kappa shape index (κ2) is 4.74. The molecule has 0 aromatic heterocycles. The first-order valence-corrected chi connectivity index (χ1v) is 4.37. The van der Waals surface area contributed by atoms with Crippen LogP contribution in [0.1, 0.15) is 26.2 Å². The Hall–Kier alpha value is -1.06. The lowest BCUT2D eigenvalue weighted by atomic mass is 10.2. The van der Waals surface area contributed by atoms with Gasteiger partial charge in [-0.1, -0.05) is 19.8 Å². The van der Waals surface area contributed by atoms with Gasteiger partial charge in [0.05, 0.1) is 6.54 Å². The fourth-order valence-electron chi connectivity index (χ4n) is 1.14. The van der Waals surface area contributed by atoms with Gasteiger partial charge in [0, 0.05) is 0 Å². The topological polar surface area (TPSA) is 41.7 Å². The van der Waals surface area contributed by atoms with E-state index in [-0.39, 0.29) is 0 Å². The van der Waals surface area contributed by atoms with E-state index >= 15 is 0 Å². The minimum Gasteiger partial charge on any atom is -0.741 e. The van der Waals surface area contributed by atoms with Gasteiger partial charge in [0.1, 0.15) is 0 Å². The van der Waals surface area contributed by atoms with Crippen molar-refractivity contribution >= 4 is 12.7 Å². The zero-order valence-electron chi connectivity index (χ0n) is 7.44. The Morgan fingerprint density at radius 2 is 2.42 bits per heavy atom. The SMILES string of the molecule is CCCCCN1C=[N+]([O-])C=NC1. The molecule has 68 valence electrons. The first kappa shape index (κ1) is 9.03. The molecule has 0 spiro atoms. The summed E-state index contributed by atoms with van der Waals surface area (Å²) in [5, 5.41) is 10.8. The van der Waals surface area contributed by atoms with Crippen LogP contribution in [0.15, 0.2) is 4.99 Å².